The minimum absolute atomic E-state index is 0.169. The average molecular weight is 409 g/mol. The van der Waals surface area contributed by atoms with Crippen LogP contribution >= 0.6 is 11.8 Å². The molecule has 0 atom stereocenters. The van der Waals surface area contributed by atoms with Gasteiger partial charge in [-0.3, -0.25) is 4.79 Å². The Kier molecular flexibility index (Phi) is 6.51. The molecule has 0 aromatic heterocycles. The van der Waals surface area contributed by atoms with Crippen molar-refractivity contribution < 1.29 is 17.6 Å². The van der Waals surface area contributed by atoms with E-state index >= 15 is 0 Å². The SMILES string of the molecule is O=C(CSCc1ccc(F)cc1)Nc1ccc(S(=O)(=O)N2CCCC2)cc1. The second-order valence-electron chi connectivity index (χ2n) is 6.30. The standard InChI is InChI=1S/C19H21FN2O3S2/c20-16-5-3-15(4-6-16)13-26-14-19(23)21-17-7-9-18(10-8-17)27(24,25)22-11-1-2-12-22/h3-10H,1-2,11-14H2,(H,21,23). The number of thioether (sulfide) groups is 1. The van der Waals surface area contributed by atoms with Gasteiger partial charge in [-0.1, -0.05) is 12.1 Å². The Morgan fingerprint density at radius 2 is 1.67 bits per heavy atom. The van der Waals surface area contributed by atoms with Crippen molar-refractivity contribution in [3.05, 3.63) is 59.9 Å². The number of sulfonamides is 1. The van der Waals surface area contributed by atoms with E-state index in [9.17, 15) is 17.6 Å². The smallest absolute Gasteiger partial charge is 0.243 e. The van der Waals surface area contributed by atoms with Gasteiger partial charge in [0.2, 0.25) is 15.9 Å². The number of benzene rings is 2. The lowest BCUT2D eigenvalue weighted by Gasteiger charge is -2.15. The molecular formula is C19H21FN2O3S2. The van der Waals surface area contributed by atoms with Crippen molar-refractivity contribution in [2.24, 2.45) is 0 Å². The second-order valence-corrected chi connectivity index (χ2v) is 9.23. The number of hydrogen-bond acceptors (Lipinski definition) is 4. The number of anilines is 1. The van der Waals surface area contributed by atoms with E-state index in [-0.39, 0.29) is 22.4 Å². The zero-order valence-corrected chi connectivity index (χ0v) is 16.4. The fourth-order valence-corrected chi connectivity index (χ4v) is 5.13. The Morgan fingerprint density at radius 1 is 1.04 bits per heavy atom. The lowest BCUT2D eigenvalue weighted by atomic mass is 10.2. The van der Waals surface area contributed by atoms with Gasteiger partial charge in [0, 0.05) is 24.5 Å². The number of carbonyl (C=O) groups excluding carboxylic acids is 1. The van der Waals surface area contributed by atoms with Crippen LogP contribution in [0.5, 0.6) is 0 Å². The molecule has 1 aliphatic rings. The fourth-order valence-electron chi connectivity index (χ4n) is 2.83. The zero-order chi connectivity index (χ0) is 19.3. The molecule has 0 unspecified atom stereocenters. The van der Waals surface area contributed by atoms with Crippen LogP contribution in [0.3, 0.4) is 0 Å². The van der Waals surface area contributed by atoms with Gasteiger partial charge in [-0.25, -0.2) is 12.8 Å². The van der Waals surface area contributed by atoms with Gasteiger partial charge in [-0.2, -0.15) is 4.31 Å². The Bertz CT molecular complexity index is 878. The zero-order valence-electron chi connectivity index (χ0n) is 14.7. The average Bonchev–Trinajstić information content (AvgIpc) is 3.19. The molecule has 2 aromatic rings. The number of amides is 1. The van der Waals surface area contributed by atoms with Crippen molar-refractivity contribution in [3.8, 4) is 0 Å². The highest BCUT2D eigenvalue weighted by Gasteiger charge is 2.26. The second kappa shape index (κ2) is 8.86. The van der Waals surface area contributed by atoms with Gasteiger partial charge in [0.25, 0.3) is 0 Å². The molecule has 3 rings (SSSR count). The molecule has 8 heteroatoms. The van der Waals surface area contributed by atoms with E-state index in [0.29, 0.717) is 24.5 Å². The minimum atomic E-state index is -3.44. The van der Waals surface area contributed by atoms with Crippen LogP contribution in [0.25, 0.3) is 0 Å². The maximum atomic E-state index is 12.9. The Balaban J connectivity index is 1.50. The fraction of sp³-hybridized carbons (Fsp3) is 0.316. The van der Waals surface area contributed by atoms with Crippen LogP contribution in [-0.2, 0) is 20.6 Å². The summed E-state index contributed by atoms with van der Waals surface area (Å²) in [6.45, 7) is 1.12. The van der Waals surface area contributed by atoms with E-state index in [4.69, 9.17) is 0 Å². The van der Waals surface area contributed by atoms with E-state index in [0.717, 1.165) is 18.4 Å². The highest BCUT2D eigenvalue weighted by atomic mass is 32.2. The van der Waals surface area contributed by atoms with Crippen molar-refractivity contribution in [1.82, 2.24) is 4.31 Å². The van der Waals surface area contributed by atoms with Gasteiger partial charge in [0.1, 0.15) is 5.82 Å². The maximum Gasteiger partial charge on any atom is 0.243 e. The predicted molar refractivity (Wildman–Crippen MR) is 106 cm³/mol. The third kappa shape index (κ3) is 5.31. The van der Waals surface area contributed by atoms with Crippen molar-refractivity contribution in [2.75, 3.05) is 24.2 Å². The first kappa shape index (κ1) is 19.9. The van der Waals surface area contributed by atoms with Gasteiger partial charge in [0.05, 0.1) is 10.6 Å². The van der Waals surface area contributed by atoms with E-state index in [2.05, 4.69) is 5.32 Å². The van der Waals surface area contributed by atoms with Crippen LogP contribution in [0.2, 0.25) is 0 Å². The van der Waals surface area contributed by atoms with Crippen molar-refractivity contribution in [3.63, 3.8) is 0 Å². The molecule has 0 bridgehead atoms. The summed E-state index contributed by atoms with van der Waals surface area (Å²) >= 11 is 1.43. The Labute approximate surface area is 163 Å². The topological polar surface area (TPSA) is 66.5 Å². The van der Waals surface area contributed by atoms with Gasteiger partial charge in [0.15, 0.2) is 0 Å². The van der Waals surface area contributed by atoms with E-state index in [1.165, 1.54) is 40.3 Å². The number of rotatable bonds is 7. The summed E-state index contributed by atoms with van der Waals surface area (Å²) in [5.74, 6) is 0.417. The summed E-state index contributed by atoms with van der Waals surface area (Å²) < 4.78 is 39.3. The molecule has 144 valence electrons. The molecule has 1 amide bonds. The molecular weight excluding hydrogens is 387 g/mol. The van der Waals surface area contributed by atoms with Crippen molar-refractivity contribution >= 4 is 33.4 Å². The number of carbonyl (C=O) groups is 1. The van der Waals surface area contributed by atoms with E-state index in [1.54, 1.807) is 24.3 Å². The summed E-state index contributed by atoms with van der Waals surface area (Å²) in [6.07, 6.45) is 1.78. The van der Waals surface area contributed by atoms with Crippen LogP contribution in [0, 0.1) is 5.82 Å². The highest BCUT2D eigenvalue weighted by molar-refractivity contribution is 7.99. The highest BCUT2D eigenvalue weighted by Crippen LogP contribution is 2.22. The molecule has 1 fully saturated rings. The molecule has 5 nitrogen and oxygen atoms in total. The first-order chi connectivity index (χ1) is 12.9. The monoisotopic (exact) mass is 408 g/mol. The molecule has 1 N–H and O–H groups in total. The van der Waals surface area contributed by atoms with E-state index < -0.39 is 10.0 Å². The van der Waals surface area contributed by atoms with Gasteiger partial charge in [-0.15, -0.1) is 11.8 Å². The molecule has 1 heterocycles. The predicted octanol–water partition coefficient (Wildman–Crippen LogP) is 3.48. The van der Waals surface area contributed by atoms with Gasteiger partial charge >= 0.3 is 0 Å². The summed E-state index contributed by atoms with van der Waals surface area (Å²) in [7, 11) is -3.44. The molecule has 0 radical (unpaired) electrons. The molecule has 0 aliphatic carbocycles. The maximum absolute atomic E-state index is 12.9. The molecule has 0 saturated carbocycles. The van der Waals surface area contributed by atoms with Crippen molar-refractivity contribution in [1.29, 1.82) is 0 Å². The van der Waals surface area contributed by atoms with Crippen LogP contribution in [0.1, 0.15) is 18.4 Å². The first-order valence-corrected chi connectivity index (χ1v) is 11.3. The minimum Gasteiger partial charge on any atom is -0.325 e. The van der Waals surface area contributed by atoms with Crippen LogP contribution in [-0.4, -0.2) is 37.5 Å². The molecule has 0 spiro atoms. The normalized spacial score (nSPS) is 15.0. The van der Waals surface area contributed by atoms with Gasteiger partial charge < -0.3 is 5.32 Å². The quantitative estimate of drug-likeness (QED) is 0.762. The largest absolute Gasteiger partial charge is 0.325 e. The third-order valence-corrected chi connectivity index (χ3v) is 7.17. The first-order valence-electron chi connectivity index (χ1n) is 8.67. The van der Waals surface area contributed by atoms with Crippen molar-refractivity contribution in [2.45, 2.75) is 23.5 Å². The third-order valence-electron chi connectivity index (χ3n) is 4.26. The number of nitrogens with one attached hydrogen (secondary N) is 1. The van der Waals surface area contributed by atoms with E-state index in [1.807, 2.05) is 0 Å². The molecule has 2 aromatic carbocycles. The number of hydrogen-bond donors (Lipinski definition) is 1. The lowest BCUT2D eigenvalue weighted by Crippen LogP contribution is -2.27. The molecule has 1 aliphatic heterocycles. The number of nitrogens with zero attached hydrogens (tertiary/aromatic N) is 1. The summed E-state index contributed by atoms with van der Waals surface area (Å²) in [5, 5.41) is 2.76. The van der Waals surface area contributed by atoms with Crippen LogP contribution in [0.15, 0.2) is 53.4 Å². The molecule has 1 saturated heterocycles. The summed E-state index contributed by atoms with van der Waals surface area (Å²) in [4.78, 5) is 12.3. The summed E-state index contributed by atoms with van der Waals surface area (Å²) in [6, 6.07) is 12.4. The lowest BCUT2D eigenvalue weighted by molar-refractivity contribution is -0.113. The molecule has 27 heavy (non-hydrogen) atoms. The Morgan fingerprint density at radius 3 is 2.30 bits per heavy atom. The Hall–Kier alpha value is -1.90. The van der Waals surface area contributed by atoms with Gasteiger partial charge in [-0.05, 0) is 54.8 Å². The van der Waals surface area contributed by atoms with Crippen LogP contribution in [0.4, 0.5) is 10.1 Å². The van der Waals surface area contributed by atoms with Crippen LogP contribution < -0.4 is 5.32 Å². The summed E-state index contributed by atoms with van der Waals surface area (Å²) in [5.41, 5.74) is 1.51. The number of halogens is 1.